The topological polar surface area (TPSA) is 266 Å². The zero-order valence-corrected chi connectivity index (χ0v) is 49.0. The number of piperazine rings is 1. The van der Waals surface area contributed by atoms with Crippen molar-refractivity contribution in [3.05, 3.63) is 99.3 Å². The first-order valence-corrected chi connectivity index (χ1v) is 29.0. The number of allylic oxidation sites excluding steroid dienone is 2. The first kappa shape index (κ1) is 59.7. The van der Waals surface area contributed by atoms with Crippen LogP contribution in [0.2, 0.25) is 0 Å². The first-order valence-electron chi connectivity index (χ1n) is 29.0. The second-order valence-corrected chi connectivity index (χ2v) is 24.1. The van der Waals surface area contributed by atoms with Gasteiger partial charge in [0.1, 0.15) is 34.9 Å². The number of pyridine rings is 1. The second kappa shape index (κ2) is 22.8. The van der Waals surface area contributed by atoms with Gasteiger partial charge >= 0.3 is 11.8 Å². The molecule has 7 aliphatic rings. The molecule has 1 unspecified atom stereocenters. The number of carbonyl (C=O) groups is 3. The maximum Gasteiger partial charge on any atom is 0.312 e. The van der Waals surface area contributed by atoms with Gasteiger partial charge in [0.2, 0.25) is 0 Å². The number of nitrogens with one attached hydrogen (secondary N) is 1. The third-order valence-corrected chi connectivity index (χ3v) is 18.7. The quantitative estimate of drug-likeness (QED) is 0.0274. The maximum absolute atomic E-state index is 16.1. The Morgan fingerprint density at radius 1 is 0.917 bits per heavy atom. The van der Waals surface area contributed by atoms with Gasteiger partial charge in [-0.15, -0.1) is 0 Å². The maximum atomic E-state index is 16.1. The van der Waals surface area contributed by atoms with E-state index in [0.717, 1.165) is 32.1 Å². The minimum absolute atomic E-state index is 0.0241. The molecule has 1 amide bonds. The average molecular weight is 1160 g/mol. The van der Waals surface area contributed by atoms with Crippen molar-refractivity contribution in [1.29, 1.82) is 0 Å². The molecule has 84 heavy (non-hydrogen) atoms. The van der Waals surface area contributed by atoms with Crippen molar-refractivity contribution in [3.63, 3.8) is 0 Å². The lowest BCUT2D eigenvalue weighted by Crippen LogP contribution is -2.53. The summed E-state index contributed by atoms with van der Waals surface area (Å²) in [6.07, 6.45) is 10.9. The summed E-state index contributed by atoms with van der Waals surface area (Å²) in [6.45, 7) is 19.4. The smallest absolute Gasteiger partial charge is 0.312 e. The summed E-state index contributed by atoms with van der Waals surface area (Å²) in [6, 6.07) is 3.22. The number of methoxy groups -OCH3 is 1. The van der Waals surface area contributed by atoms with E-state index in [2.05, 4.69) is 21.7 Å². The summed E-state index contributed by atoms with van der Waals surface area (Å²) in [7, 11) is 1.43. The number of rotatable bonds is 9. The van der Waals surface area contributed by atoms with Gasteiger partial charge in [-0.2, -0.15) is 5.10 Å². The normalized spacial score (nSPS) is 30.1. The number of hydrogen-bond acceptors (Lipinski definition) is 18. The molecule has 1 aromatic heterocycles. The zero-order chi connectivity index (χ0) is 60.6. The monoisotopic (exact) mass is 1160 g/mol. The van der Waals surface area contributed by atoms with Gasteiger partial charge in [-0.05, 0) is 70.1 Å². The molecule has 2 aliphatic carbocycles. The number of nitrogens with zero attached hydrogens (tertiary/aromatic N) is 5. The molecule has 450 valence electrons. The van der Waals surface area contributed by atoms with E-state index in [1.807, 2.05) is 4.57 Å². The Hall–Kier alpha value is -7.46. The fourth-order valence-electron chi connectivity index (χ4n) is 13.3. The molecular weight excluding hydrogens is 1080 g/mol. The summed E-state index contributed by atoms with van der Waals surface area (Å²) in [5.41, 5.74) is 0.0129. The van der Waals surface area contributed by atoms with E-state index >= 15 is 4.39 Å². The molecule has 5 bridgehead atoms. The number of phenolic OH excluding ortho intramolecular Hbond substituents is 3. The Morgan fingerprint density at radius 3 is 2.26 bits per heavy atom. The number of aromatic nitrogens is 1. The van der Waals surface area contributed by atoms with E-state index in [4.69, 9.17) is 24.0 Å². The van der Waals surface area contributed by atoms with Gasteiger partial charge < -0.3 is 64.4 Å². The number of halogens is 1. The highest BCUT2D eigenvalue weighted by Gasteiger charge is 2.56. The fourth-order valence-corrected chi connectivity index (χ4v) is 13.3. The van der Waals surface area contributed by atoms with E-state index in [9.17, 15) is 49.8 Å². The Balaban J connectivity index is 0.945. The molecule has 6 heterocycles. The van der Waals surface area contributed by atoms with Gasteiger partial charge in [0.15, 0.2) is 11.2 Å². The van der Waals surface area contributed by atoms with Gasteiger partial charge in [0.25, 0.3) is 11.7 Å². The molecule has 2 saturated heterocycles. The number of Topliss-reactive ketones (excluding diaryl/α,β-unsaturated/α-hetero) is 1. The van der Waals surface area contributed by atoms with E-state index in [1.54, 1.807) is 57.1 Å². The highest BCUT2D eigenvalue weighted by Crippen LogP contribution is 2.56. The molecule has 10 atom stereocenters. The largest absolute Gasteiger partial charge is 0.508 e. The van der Waals surface area contributed by atoms with Crippen molar-refractivity contribution in [1.82, 2.24) is 14.5 Å². The van der Waals surface area contributed by atoms with E-state index in [1.165, 1.54) is 65.5 Å². The van der Waals surface area contributed by atoms with Crippen LogP contribution in [0.3, 0.4) is 0 Å². The van der Waals surface area contributed by atoms with Crippen LogP contribution in [0.15, 0.2) is 70.9 Å². The third kappa shape index (κ3) is 10.7. The lowest BCUT2D eigenvalue weighted by Gasteiger charge is -2.41. The fraction of sp³-hybridized carbons (Fsp3) is 0.508. The number of phenols is 3. The number of anilines is 2. The van der Waals surface area contributed by atoms with Gasteiger partial charge in [-0.1, -0.05) is 52.5 Å². The van der Waals surface area contributed by atoms with Gasteiger partial charge in [-0.25, -0.2) is 4.39 Å². The van der Waals surface area contributed by atoms with Crippen LogP contribution in [0.1, 0.15) is 114 Å². The van der Waals surface area contributed by atoms with Crippen LogP contribution < -0.4 is 20.4 Å². The van der Waals surface area contributed by atoms with E-state index in [-0.39, 0.29) is 78.7 Å². The lowest BCUT2D eigenvalue weighted by atomic mass is 9.78. The first-order chi connectivity index (χ1) is 39.8. The summed E-state index contributed by atoms with van der Waals surface area (Å²) in [5, 5.41) is 78.9. The molecule has 4 aromatic rings. The van der Waals surface area contributed by atoms with Crippen molar-refractivity contribution >= 4 is 62.7 Å². The van der Waals surface area contributed by atoms with Crippen molar-refractivity contribution < 1.29 is 68.4 Å². The molecular formula is C63H77FN6O14. The van der Waals surface area contributed by atoms with Crippen LogP contribution in [0, 0.1) is 42.3 Å². The van der Waals surface area contributed by atoms with Crippen LogP contribution in [-0.2, 0) is 23.8 Å². The molecule has 0 spiro atoms. The SMILES string of the molecule is C=C(O)c1cn(C2CC2)c2cc(N3CCC(C4(N5CCN(/N=C\c6c7c(O)c8c(O)c(C)c9c(c8c6O)C(=O)[C@@](C)(O/C=C/[C@H](OC)[C@@H](C)[C@@H](OC(C)=O)[C@H](C)[C@H](O)[C@H](C)[C@@H](O)[C@@H](C)/C=C/C=C(/C)C(=O)N7)O9)CC5)CC4)C3)c(F)cc2c1=O. The Labute approximate surface area is 486 Å². The second-order valence-electron chi connectivity index (χ2n) is 24.1. The number of benzene rings is 3. The average Bonchev–Trinajstić information content (AvgIpc) is 2.42. The molecule has 7 N–H and O–H groups in total. The Bertz CT molecular complexity index is 3520. The van der Waals surface area contributed by atoms with Gasteiger partial charge in [0.05, 0.1) is 69.8 Å². The van der Waals surface area contributed by atoms with E-state index in [0.29, 0.717) is 50.5 Å². The van der Waals surface area contributed by atoms with Crippen molar-refractivity contribution in [2.24, 2.45) is 34.7 Å². The van der Waals surface area contributed by atoms with Crippen LogP contribution in [0.4, 0.5) is 15.8 Å². The van der Waals surface area contributed by atoms with Crippen molar-refractivity contribution in [2.75, 3.05) is 56.6 Å². The summed E-state index contributed by atoms with van der Waals surface area (Å²) < 4.78 is 42.0. The Kier molecular flexibility index (Phi) is 16.2. The minimum Gasteiger partial charge on any atom is -0.508 e. The molecule has 5 aliphatic heterocycles. The Morgan fingerprint density at radius 2 is 1.62 bits per heavy atom. The minimum atomic E-state index is -2.11. The summed E-state index contributed by atoms with van der Waals surface area (Å²) >= 11 is 0. The molecule has 11 rings (SSSR count). The van der Waals surface area contributed by atoms with Gasteiger partial charge in [-0.3, -0.25) is 29.1 Å². The van der Waals surface area contributed by atoms with E-state index < -0.39 is 100 Å². The van der Waals surface area contributed by atoms with Crippen LogP contribution in [0.25, 0.3) is 27.4 Å². The molecule has 4 fully saturated rings. The predicted molar refractivity (Wildman–Crippen MR) is 315 cm³/mol. The van der Waals surface area contributed by atoms with Gasteiger partial charge in [0, 0.05) is 124 Å². The van der Waals surface area contributed by atoms with Crippen LogP contribution >= 0.6 is 0 Å². The highest BCUT2D eigenvalue weighted by atomic mass is 19.1. The number of carbonyl (C=O) groups excluding carboxylic acids is 3. The number of aliphatic hydroxyl groups is 3. The molecule has 3 aromatic carbocycles. The highest BCUT2D eigenvalue weighted by molar-refractivity contribution is 6.24. The number of ketones is 1. The molecule has 21 heteroatoms. The number of fused-ring (bicyclic) bond motifs is 15. The number of hydrazone groups is 1. The van der Waals surface area contributed by atoms with Crippen molar-refractivity contribution in [2.45, 2.75) is 129 Å². The number of ether oxygens (including phenoxy) is 4. The standard InChI is InChI=1S/C63H77FN6O14/c1-31-12-11-13-32(2)61(80)66-51-42(28-65-69-23-21-68(22-24-69)63(18-19-63)39-16-20-67(29-39)46-27-45-41(26-44(46)64)55(76)43(37(7)71)30-70(45)40-14-15-40)56(77)48-49(57(51)78)54(75)36(6)59-50(48)60(79)62(9,84-59)82-25-17-47(81-10)33(3)58(83-38(8)72)35(5)53(74)34(4)52(31)73/h11-13,17,25-28,30-31,33-35,39-40,47,52-53,58,71,73-75,77-78H,7,14-16,18-24,29H2,1-6,8-10H3,(H,66,80)/b12-11+,25-17+,32-13-,65-28-/t31-,33+,34+,35+,39?,47-,52-,53+,58+,62-/m0/s1. The van der Waals surface area contributed by atoms with Crippen molar-refractivity contribution in [3.8, 4) is 23.0 Å². The number of hydrogen-bond donors (Lipinski definition) is 7. The number of amides is 1. The summed E-state index contributed by atoms with van der Waals surface area (Å²) in [4.78, 5) is 59.3. The third-order valence-electron chi connectivity index (χ3n) is 18.7. The number of esters is 1. The zero-order valence-electron chi connectivity index (χ0n) is 49.0. The predicted octanol–water partition coefficient (Wildman–Crippen LogP) is 8.08. The lowest BCUT2D eigenvalue weighted by molar-refractivity contribution is -0.160. The number of aliphatic hydroxyl groups excluding tert-OH is 3. The summed E-state index contributed by atoms with van der Waals surface area (Å²) in [5.74, 6) is -9.42. The molecule has 2 saturated carbocycles. The van der Waals surface area contributed by atoms with Crippen LogP contribution in [0.5, 0.6) is 23.0 Å². The molecule has 0 radical (unpaired) electrons. The van der Waals surface area contributed by atoms with Crippen LogP contribution in [-0.4, -0.2) is 151 Å². The number of aromatic hydroxyl groups is 3. The molecule has 20 nitrogen and oxygen atoms in total.